The smallest absolute Gasteiger partial charge is 0 e. The van der Waals surface area contributed by atoms with Crippen molar-refractivity contribution in [2.75, 3.05) is 0 Å². The van der Waals surface area contributed by atoms with Gasteiger partial charge in [0.15, 0.2) is 0 Å². The van der Waals surface area contributed by atoms with Crippen LogP contribution in [0.1, 0.15) is 26.7 Å². The molecule has 0 saturated heterocycles. The summed E-state index contributed by atoms with van der Waals surface area (Å²) in [4.78, 5) is 0. The van der Waals surface area contributed by atoms with Gasteiger partial charge < -0.3 is 0 Å². The zero-order chi connectivity index (χ0) is 7.40. The van der Waals surface area contributed by atoms with Crippen LogP contribution in [0.15, 0.2) is 35.5 Å². The molecular formula is C10H14Y. The maximum atomic E-state index is 2.30. The number of allylic oxidation sites excluding steroid dienone is 6. The molecule has 0 unspecified atom stereocenters. The first-order chi connectivity index (χ1) is 4.83. The van der Waals surface area contributed by atoms with Gasteiger partial charge in [-0.2, -0.15) is 0 Å². The Labute approximate surface area is 94.3 Å². The molecule has 11 heavy (non-hydrogen) atoms. The Hall–Kier alpha value is 0.324. The first kappa shape index (κ1) is 11.3. The van der Waals surface area contributed by atoms with E-state index in [0.717, 1.165) is 12.8 Å². The van der Waals surface area contributed by atoms with Crippen LogP contribution in [0.3, 0.4) is 0 Å². The van der Waals surface area contributed by atoms with Gasteiger partial charge >= 0.3 is 0 Å². The van der Waals surface area contributed by atoms with Gasteiger partial charge in [-0.15, -0.1) is 0 Å². The molecule has 0 aliphatic heterocycles. The molecule has 0 N–H and O–H groups in total. The third kappa shape index (κ3) is 4.03. The summed E-state index contributed by atoms with van der Waals surface area (Å²) in [5.41, 5.74) is 2.90. The fraction of sp³-hybridized carbons (Fsp3) is 0.400. The molecule has 0 nitrogen and oxygen atoms in total. The maximum Gasteiger partial charge on any atom is 0 e. The van der Waals surface area contributed by atoms with E-state index in [1.54, 1.807) is 0 Å². The van der Waals surface area contributed by atoms with Crippen molar-refractivity contribution < 1.29 is 32.7 Å². The van der Waals surface area contributed by atoms with E-state index in [1.165, 1.54) is 11.1 Å². The summed E-state index contributed by atoms with van der Waals surface area (Å²) in [6.45, 7) is 4.36. The van der Waals surface area contributed by atoms with Crippen molar-refractivity contribution in [3.63, 3.8) is 0 Å². The van der Waals surface area contributed by atoms with Crippen molar-refractivity contribution in [3.8, 4) is 0 Å². The second-order valence-corrected chi connectivity index (χ2v) is 2.71. The van der Waals surface area contributed by atoms with Gasteiger partial charge in [0.1, 0.15) is 0 Å². The predicted molar refractivity (Wildman–Crippen MR) is 45.9 cm³/mol. The fourth-order valence-corrected chi connectivity index (χ4v) is 1.03. The molecule has 1 radical (unpaired) electrons. The first-order valence-corrected chi connectivity index (χ1v) is 3.86. The summed E-state index contributed by atoms with van der Waals surface area (Å²) in [6.07, 6.45) is 11.1. The molecule has 0 amide bonds. The van der Waals surface area contributed by atoms with Gasteiger partial charge in [0.25, 0.3) is 0 Å². The summed E-state index contributed by atoms with van der Waals surface area (Å²) in [7, 11) is 0. The minimum absolute atomic E-state index is 0. The van der Waals surface area contributed by atoms with E-state index in [2.05, 4.69) is 38.2 Å². The van der Waals surface area contributed by atoms with E-state index in [1.807, 2.05) is 0 Å². The molecule has 1 aliphatic rings. The van der Waals surface area contributed by atoms with Gasteiger partial charge in [0, 0.05) is 32.7 Å². The monoisotopic (exact) mass is 223 g/mol. The van der Waals surface area contributed by atoms with Crippen molar-refractivity contribution in [1.29, 1.82) is 0 Å². The van der Waals surface area contributed by atoms with Gasteiger partial charge in [-0.05, 0) is 19.8 Å². The van der Waals surface area contributed by atoms with Gasteiger partial charge in [-0.1, -0.05) is 42.4 Å². The molecule has 1 heteroatoms. The SMILES string of the molecule is CCC1=CCC(C)=CC=C1.[Y]. The molecule has 0 fully saturated rings. The summed E-state index contributed by atoms with van der Waals surface area (Å²) in [6, 6.07) is 0. The third-order valence-electron chi connectivity index (χ3n) is 1.79. The van der Waals surface area contributed by atoms with Crippen LogP contribution in [-0.2, 0) is 32.7 Å². The molecule has 0 heterocycles. The largest absolute Gasteiger partial charge is 0.0773 e. The van der Waals surface area contributed by atoms with Crippen molar-refractivity contribution in [2.24, 2.45) is 0 Å². The van der Waals surface area contributed by atoms with Crippen LogP contribution in [-0.4, -0.2) is 0 Å². The van der Waals surface area contributed by atoms with Crippen molar-refractivity contribution in [3.05, 3.63) is 35.5 Å². The molecule has 0 aromatic rings. The molecular weight excluding hydrogens is 209 g/mol. The Morgan fingerprint density at radius 2 is 2.18 bits per heavy atom. The minimum atomic E-state index is 0. The quantitative estimate of drug-likeness (QED) is 0.640. The maximum absolute atomic E-state index is 2.30. The number of rotatable bonds is 1. The van der Waals surface area contributed by atoms with E-state index in [9.17, 15) is 0 Å². The fourth-order valence-electron chi connectivity index (χ4n) is 1.03. The molecule has 1 rings (SSSR count). The Morgan fingerprint density at radius 1 is 1.45 bits per heavy atom. The molecule has 0 atom stereocenters. The standard InChI is InChI=1S/C10H14.Y/c1-3-10-6-4-5-9(2)7-8-10;/h4-6,8H,3,7H2,1-2H3;. The zero-order valence-electron chi connectivity index (χ0n) is 7.30. The molecule has 57 valence electrons. The van der Waals surface area contributed by atoms with Crippen LogP contribution in [0.4, 0.5) is 0 Å². The Kier molecular flexibility index (Phi) is 6.08. The molecule has 0 saturated carbocycles. The molecule has 1 aliphatic carbocycles. The van der Waals surface area contributed by atoms with Gasteiger partial charge in [0.05, 0.1) is 0 Å². The van der Waals surface area contributed by atoms with Crippen LogP contribution in [0.25, 0.3) is 0 Å². The topological polar surface area (TPSA) is 0 Å². The number of hydrogen-bond acceptors (Lipinski definition) is 0. The van der Waals surface area contributed by atoms with Crippen LogP contribution >= 0.6 is 0 Å². The minimum Gasteiger partial charge on any atom is -0.0773 e. The molecule has 0 aromatic carbocycles. The first-order valence-electron chi connectivity index (χ1n) is 3.86. The van der Waals surface area contributed by atoms with Gasteiger partial charge in [-0.25, -0.2) is 0 Å². The van der Waals surface area contributed by atoms with Crippen molar-refractivity contribution in [2.45, 2.75) is 26.7 Å². The van der Waals surface area contributed by atoms with Gasteiger partial charge in [-0.3, -0.25) is 0 Å². The van der Waals surface area contributed by atoms with Crippen LogP contribution in [0.2, 0.25) is 0 Å². The molecule has 0 aromatic heterocycles. The average molecular weight is 223 g/mol. The van der Waals surface area contributed by atoms with Crippen LogP contribution < -0.4 is 0 Å². The Balaban J connectivity index is 0.000001000. The Morgan fingerprint density at radius 3 is 2.82 bits per heavy atom. The normalized spacial score (nSPS) is 16.2. The molecule has 0 spiro atoms. The summed E-state index contributed by atoms with van der Waals surface area (Å²) < 4.78 is 0. The third-order valence-corrected chi connectivity index (χ3v) is 1.79. The van der Waals surface area contributed by atoms with Crippen LogP contribution in [0.5, 0.6) is 0 Å². The van der Waals surface area contributed by atoms with E-state index in [0.29, 0.717) is 0 Å². The van der Waals surface area contributed by atoms with Gasteiger partial charge in [0.2, 0.25) is 0 Å². The van der Waals surface area contributed by atoms with E-state index < -0.39 is 0 Å². The van der Waals surface area contributed by atoms with Crippen molar-refractivity contribution >= 4 is 0 Å². The summed E-state index contributed by atoms with van der Waals surface area (Å²) in [5.74, 6) is 0. The second-order valence-electron chi connectivity index (χ2n) is 2.71. The van der Waals surface area contributed by atoms with Crippen molar-refractivity contribution in [1.82, 2.24) is 0 Å². The van der Waals surface area contributed by atoms with E-state index >= 15 is 0 Å². The second kappa shape index (κ2) is 5.91. The number of hydrogen-bond donors (Lipinski definition) is 0. The van der Waals surface area contributed by atoms with E-state index in [-0.39, 0.29) is 32.7 Å². The zero-order valence-corrected chi connectivity index (χ0v) is 10.1. The van der Waals surface area contributed by atoms with E-state index in [4.69, 9.17) is 0 Å². The average Bonchev–Trinajstić information content (AvgIpc) is 2.14. The Bertz CT molecular complexity index is 197. The summed E-state index contributed by atoms with van der Waals surface area (Å²) in [5, 5.41) is 0. The predicted octanol–water partition coefficient (Wildman–Crippen LogP) is 3.23. The molecule has 0 bridgehead atoms. The van der Waals surface area contributed by atoms with Crippen LogP contribution in [0, 0.1) is 0 Å². The summed E-state index contributed by atoms with van der Waals surface area (Å²) >= 11 is 0.